The standard InChI is InChI=1S/C25H32N12O8S2/c1-25(2,22(42)43)45-32-13(17-31-23(28)47-33-17)18(38)30-14-19(39)37-15(21(40)41)10(9-46-20(14)37)6-36-8-12(16(27)34(36)3)29-24(44)35-5-4-11(26)7-35/h8,11,14,20,27H,4-7,9,26H2,1-3H3,(H6,28,29,30,31,33,38,40,41,42,43,44)/p+1/b32-13+/t11-,14+,20+/m0/s1. The molecule has 2 aromatic heterocycles. The number of urea groups is 1. The first kappa shape index (κ1) is 33.4. The van der Waals surface area contributed by atoms with Crippen molar-refractivity contribution in [1.29, 1.82) is 0 Å². The third-order valence-electron chi connectivity index (χ3n) is 7.68. The Kier molecular flexibility index (Phi) is 9.01. The molecule has 2 saturated heterocycles. The average Bonchev–Trinajstić information content (AvgIpc) is 3.71. The van der Waals surface area contributed by atoms with Gasteiger partial charge in [-0.25, -0.2) is 14.4 Å². The molecule has 0 saturated carbocycles. The third kappa shape index (κ3) is 6.51. The second kappa shape index (κ2) is 12.7. The average molecular weight is 694 g/mol. The number of carbonyl (C=O) groups excluding carboxylic acids is 3. The summed E-state index contributed by atoms with van der Waals surface area (Å²) in [6, 6.07) is -1.61. The number of carboxylic acid groups (broad SMARTS) is 2. The largest absolute Gasteiger partial charge is 0.478 e. The molecule has 0 aromatic carbocycles. The Labute approximate surface area is 274 Å². The number of nitrogens with zero attached hydrogens (tertiary/aromatic N) is 7. The first-order valence-corrected chi connectivity index (χ1v) is 15.9. The third-order valence-corrected chi connectivity index (χ3v) is 9.56. The summed E-state index contributed by atoms with van der Waals surface area (Å²) in [4.78, 5) is 74.9. The number of carbonyl (C=O) groups is 5. The van der Waals surface area contributed by atoms with Crippen LogP contribution in [0.5, 0.6) is 0 Å². The molecule has 5 heterocycles. The number of rotatable bonds is 10. The van der Waals surface area contributed by atoms with Gasteiger partial charge in [0.05, 0.1) is 7.05 Å². The zero-order chi connectivity index (χ0) is 34.4. The van der Waals surface area contributed by atoms with Crippen LogP contribution in [-0.2, 0) is 37.6 Å². The van der Waals surface area contributed by atoms with Gasteiger partial charge in [-0.1, -0.05) is 5.16 Å². The van der Waals surface area contributed by atoms with Crippen LogP contribution in [0.4, 0.5) is 21.4 Å². The smallest absolute Gasteiger partial charge is 0.352 e. The van der Waals surface area contributed by atoms with Gasteiger partial charge in [0.15, 0.2) is 23.2 Å². The summed E-state index contributed by atoms with van der Waals surface area (Å²) in [5.74, 6) is -4.21. The van der Waals surface area contributed by atoms with Crippen molar-refractivity contribution < 1.29 is 43.7 Å². The van der Waals surface area contributed by atoms with Crippen molar-refractivity contribution in [2.45, 2.75) is 49.9 Å². The van der Waals surface area contributed by atoms with Gasteiger partial charge in [0.1, 0.15) is 17.1 Å². The van der Waals surface area contributed by atoms with E-state index in [2.05, 4.69) is 25.1 Å². The number of nitrogen functional groups attached to an aromatic ring is 2. The van der Waals surface area contributed by atoms with Crippen LogP contribution in [0.3, 0.4) is 0 Å². The zero-order valence-electron chi connectivity index (χ0n) is 25.4. The topological polar surface area (TPSA) is 291 Å². The van der Waals surface area contributed by atoms with Gasteiger partial charge in [-0.2, -0.15) is 9.36 Å². The zero-order valence-corrected chi connectivity index (χ0v) is 27.0. The number of oxime groups is 1. The fourth-order valence-corrected chi connectivity index (χ4v) is 6.72. The molecular weight excluding hydrogens is 660 g/mol. The van der Waals surface area contributed by atoms with E-state index < -0.39 is 46.5 Å². The van der Waals surface area contributed by atoms with E-state index in [0.29, 0.717) is 30.8 Å². The Bertz CT molecular complexity index is 1720. The van der Waals surface area contributed by atoms with Gasteiger partial charge in [-0.3, -0.25) is 19.8 Å². The van der Waals surface area contributed by atoms with Crippen LogP contribution in [0.15, 0.2) is 22.6 Å². The lowest BCUT2D eigenvalue weighted by molar-refractivity contribution is -0.765. The monoisotopic (exact) mass is 693 g/mol. The molecule has 0 unspecified atom stereocenters. The summed E-state index contributed by atoms with van der Waals surface area (Å²) in [5, 5.41) is 27.6. The van der Waals surface area contributed by atoms with Crippen LogP contribution in [0.1, 0.15) is 26.1 Å². The van der Waals surface area contributed by atoms with Gasteiger partial charge >= 0.3 is 18.0 Å². The van der Waals surface area contributed by atoms with Gasteiger partial charge in [0, 0.05) is 42.0 Å². The van der Waals surface area contributed by atoms with E-state index >= 15 is 0 Å². The molecule has 0 aliphatic carbocycles. The quantitative estimate of drug-likeness (QED) is 0.0608. The first-order valence-electron chi connectivity index (χ1n) is 14.1. The van der Waals surface area contributed by atoms with E-state index in [1.165, 1.54) is 25.6 Å². The van der Waals surface area contributed by atoms with E-state index in [4.69, 9.17) is 22.0 Å². The molecule has 3 aliphatic rings. The Morgan fingerprint density at radius 1 is 1.26 bits per heavy atom. The second-order valence-electron chi connectivity index (χ2n) is 11.4. The van der Waals surface area contributed by atoms with Gasteiger partial charge in [0.2, 0.25) is 23.3 Å². The minimum absolute atomic E-state index is 0.000769. The number of hydrogen-bond donors (Lipinski definition) is 7. The Hall–Kier alpha value is -4.96. The highest BCUT2D eigenvalue weighted by molar-refractivity contribution is 8.00. The summed E-state index contributed by atoms with van der Waals surface area (Å²) in [5.41, 5.74) is 15.9. The summed E-state index contributed by atoms with van der Waals surface area (Å²) in [6.45, 7) is 3.38. The maximum Gasteiger partial charge on any atom is 0.352 e. The fraction of sp³-hybridized carbons (Fsp3) is 0.480. The van der Waals surface area contributed by atoms with Crippen LogP contribution in [0, 0.1) is 0 Å². The van der Waals surface area contributed by atoms with Crippen molar-refractivity contribution in [3.05, 3.63) is 23.3 Å². The van der Waals surface area contributed by atoms with E-state index in [1.807, 2.05) is 0 Å². The minimum atomic E-state index is -1.82. The molecule has 20 nitrogen and oxygen atoms in total. The maximum absolute atomic E-state index is 13.3. The van der Waals surface area contributed by atoms with E-state index in [9.17, 15) is 34.2 Å². The molecule has 5 rings (SSSR count). The van der Waals surface area contributed by atoms with Gasteiger partial charge < -0.3 is 42.5 Å². The molecule has 10 N–H and O–H groups in total. The van der Waals surface area contributed by atoms with Crippen LogP contribution in [0.25, 0.3) is 0 Å². The molecule has 4 amide bonds. The number of amides is 4. The van der Waals surface area contributed by atoms with Crippen molar-refractivity contribution in [1.82, 2.24) is 29.2 Å². The Morgan fingerprint density at radius 2 is 1.98 bits per heavy atom. The number of aliphatic carboxylic acids is 2. The molecule has 252 valence electrons. The molecule has 22 heteroatoms. The number of anilines is 3. The van der Waals surface area contributed by atoms with Crippen molar-refractivity contribution in [2.75, 3.05) is 35.6 Å². The van der Waals surface area contributed by atoms with Crippen LogP contribution in [-0.4, -0.2) is 111 Å². The molecular formula is C25H33N12O8S2+. The minimum Gasteiger partial charge on any atom is -0.478 e. The second-order valence-corrected chi connectivity index (χ2v) is 13.3. The maximum atomic E-state index is 13.3. The number of nitrogens with one attached hydrogen (secondary N) is 2. The Morgan fingerprint density at radius 3 is 2.57 bits per heavy atom. The summed E-state index contributed by atoms with van der Waals surface area (Å²) >= 11 is 1.98. The predicted octanol–water partition coefficient (Wildman–Crippen LogP) is -2.08. The molecule has 0 bridgehead atoms. The predicted molar refractivity (Wildman–Crippen MR) is 167 cm³/mol. The van der Waals surface area contributed by atoms with Crippen molar-refractivity contribution in [3.63, 3.8) is 0 Å². The van der Waals surface area contributed by atoms with Crippen molar-refractivity contribution in [3.8, 4) is 0 Å². The van der Waals surface area contributed by atoms with Gasteiger partial charge in [0.25, 0.3) is 11.8 Å². The molecule has 47 heavy (non-hydrogen) atoms. The SMILES string of the molecule is Cn1c(N)c(NC(=O)N2CC[C@H](N)C2)c[n+]1CC1=C(C(=O)O)N2C(=O)[C@@H](NC(=O)/C(=N/OC(C)(C)C(=O)O)c3nsc(N)n3)[C@H]2SC1. The molecule has 0 radical (unpaired) electrons. The number of fused-ring (bicyclic) bond motifs is 1. The fourth-order valence-electron chi connectivity index (χ4n) is 4.95. The number of aromatic nitrogens is 4. The summed E-state index contributed by atoms with van der Waals surface area (Å²) < 4.78 is 7.08. The lowest BCUT2D eigenvalue weighted by atomic mass is 10.0. The number of thioether (sulfide) groups is 1. The highest BCUT2D eigenvalue weighted by Crippen LogP contribution is 2.40. The van der Waals surface area contributed by atoms with Crippen LogP contribution in [0.2, 0.25) is 0 Å². The molecule has 0 spiro atoms. The Balaban J connectivity index is 1.33. The lowest BCUT2D eigenvalue weighted by Gasteiger charge is -2.49. The highest BCUT2D eigenvalue weighted by Gasteiger charge is 2.55. The molecule has 3 aliphatic heterocycles. The lowest BCUT2D eigenvalue weighted by Crippen LogP contribution is -2.71. The van der Waals surface area contributed by atoms with Crippen LogP contribution < -0.4 is 32.5 Å². The number of likely N-dealkylation sites (tertiary alicyclic amines) is 1. The van der Waals surface area contributed by atoms with E-state index in [1.54, 1.807) is 27.5 Å². The molecule has 3 atom stereocenters. The number of carboxylic acids is 2. The van der Waals surface area contributed by atoms with Crippen molar-refractivity contribution in [2.24, 2.45) is 17.9 Å². The number of nitrogens with two attached hydrogens (primary N) is 3. The number of β-lactam (4-membered cyclic amide) rings is 1. The normalized spacial score (nSPS) is 21.3. The molecule has 2 aromatic rings. The highest BCUT2D eigenvalue weighted by atomic mass is 32.2. The molecule has 2 fully saturated rings. The number of hydrogen-bond acceptors (Lipinski definition) is 14. The summed E-state index contributed by atoms with van der Waals surface area (Å²) in [6.07, 6.45) is 2.26. The van der Waals surface area contributed by atoms with Gasteiger partial charge in [-0.15, -0.1) is 21.1 Å². The van der Waals surface area contributed by atoms with E-state index in [-0.39, 0.29) is 46.8 Å². The summed E-state index contributed by atoms with van der Waals surface area (Å²) in [7, 11) is 1.64. The van der Waals surface area contributed by atoms with Crippen LogP contribution >= 0.6 is 23.3 Å². The van der Waals surface area contributed by atoms with E-state index in [0.717, 1.165) is 16.4 Å². The first-order chi connectivity index (χ1) is 22.1. The van der Waals surface area contributed by atoms with Gasteiger partial charge in [-0.05, 0) is 20.3 Å². The van der Waals surface area contributed by atoms with Crippen molar-refractivity contribution >= 4 is 75.4 Å².